The minimum Gasteiger partial charge on any atom is -0.484 e. The van der Waals surface area contributed by atoms with Crippen molar-refractivity contribution in [1.29, 1.82) is 0 Å². The van der Waals surface area contributed by atoms with E-state index in [-0.39, 0.29) is 13.2 Å². The van der Waals surface area contributed by atoms with E-state index in [0.29, 0.717) is 26.8 Å². The first-order valence-electron chi connectivity index (χ1n) is 5.07. The number of aliphatic hydroxyl groups excluding tert-OH is 1. The second kappa shape index (κ2) is 5.24. The smallest absolute Gasteiger partial charge is 0.352 e. The summed E-state index contributed by atoms with van der Waals surface area (Å²) >= 11 is 4.51. The van der Waals surface area contributed by atoms with Crippen LogP contribution < -0.4 is 9.47 Å². The van der Waals surface area contributed by atoms with Gasteiger partial charge in [-0.25, -0.2) is 4.79 Å². The maximum Gasteiger partial charge on any atom is 0.352 e. The normalized spacial score (nSPS) is 17.9. The van der Waals surface area contributed by atoms with Crippen LogP contribution in [0.4, 0.5) is 0 Å². The third-order valence-corrected chi connectivity index (χ3v) is 3.91. The molecule has 5 nitrogen and oxygen atoms in total. The fourth-order valence-corrected chi connectivity index (χ4v) is 2.98. The number of hydrogen-bond donors (Lipinski definition) is 1. The van der Waals surface area contributed by atoms with E-state index < -0.39 is 12.1 Å². The second-order valence-corrected chi connectivity index (χ2v) is 5.66. The molecule has 0 radical (unpaired) electrons. The average molecular weight is 323 g/mol. The highest BCUT2D eigenvalue weighted by Crippen LogP contribution is 2.48. The topological polar surface area (TPSA) is 65.0 Å². The highest BCUT2D eigenvalue weighted by atomic mass is 79.9. The Morgan fingerprint density at radius 1 is 1.65 bits per heavy atom. The second-order valence-electron chi connectivity index (χ2n) is 3.32. The number of hydrogen-bond acceptors (Lipinski definition) is 6. The van der Waals surface area contributed by atoms with Crippen molar-refractivity contribution in [3.05, 3.63) is 8.66 Å². The number of ether oxygens (including phenoxy) is 3. The van der Waals surface area contributed by atoms with Gasteiger partial charge in [0, 0.05) is 0 Å². The summed E-state index contributed by atoms with van der Waals surface area (Å²) in [5.74, 6) is 0.412. The molecule has 1 aromatic heterocycles. The zero-order valence-electron chi connectivity index (χ0n) is 9.07. The molecule has 17 heavy (non-hydrogen) atoms. The van der Waals surface area contributed by atoms with Crippen LogP contribution >= 0.6 is 27.3 Å². The van der Waals surface area contributed by atoms with Gasteiger partial charge in [0.2, 0.25) is 0 Å². The van der Waals surface area contributed by atoms with Crippen molar-refractivity contribution in [2.75, 3.05) is 19.8 Å². The summed E-state index contributed by atoms with van der Waals surface area (Å²) in [6.07, 6.45) is -0.447. The molecule has 7 heteroatoms. The Hall–Kier alpha value is -0.790. The Labute approximate surface area is 110 Å². The molecule has 0 saturated heterocycles. The fraction of sp³-hybridized carbons (Fsp3) is 0.500. The molecule has 1 unspecified atom stereocenters. The number of halogens is 1. The molecule has 1 atom stereocenters. The summed E-state index contributed by atoms with van der Waals surface area (Å²) < 4.78 is 16.6. The van der Waals surface area contributed by atoms with Gasteiger partial charge in [-0.2, -0.15) is 0 Å². The van der Waals surface area contributed by atoms with E-state index in [2.05, 4.69) is 15.9 Å². The Morgan fingerprint density at radius 2 is 2.41 bits per heavy atom. The first-order valence-corrected chi connectivity index (χ1v) is 6.68. The van der Waals surface area contributed by atoms with E-state index in [0.717, 1.165) is 0 Å². The molecule has 0 saturated carbocycles. The summed E-state index contributed by atoms with van der Waals surface area (Å²) in [5, 5.41) is 9.03. The van der Waals surface area contributed by atoms with Crippen LogP contribution in [0.2, 0.25) is 0 Å². The van der Waals surface area contributed by atoms with Crippen molar-refractivity contribution >= 4 is 33.2 Å². The van der Waals surface area contributed by atoms with Crippen molar-refractivity contribution < 1.29 is 24.1 Å². The van der Waals surface area contributed by atoms with Crippen LogP contribution in [0.3, 0.4) is 0 Å². The van der Waals surface area contributed by atoms with Crippen molar-refractivity contribution in [1.82, 2.24) is 0 Å². The van der Waals surface area contributed by atoms with Crippen LogP contribution in [-0.4, -0.2) is 37.0 Å². The lowest BCUT2D eigenvalue weighted by molar-refractivity contribution is 0.0399. The molecule has 94 valence electrons. The van der Waals surface area contributed by atoms with Crippen LogP contribution in [0.25, 0.3) is 0 Å². The van der Waals surface area contributed by atoms with E-state index >= 15 is 0 Å². The summed E-state index contributed by atoms with van der Waals surface area (Å²) in [6, 6.07) is 0. The van der Waals surface area contributed by atoms with E-state index in [4.69, 9.17) is 19.3 Å². The van der Waals surface area contributed by atoms with Crippen LogP contribution in [0.1, 0.15) is 16.6 Å². The zero-order valence-corrected chi connectivity index (χ0v) is 11.5. The van der Waals surface area contributed by atoms with Gasteiger partial charge < -0.3 is 19.3 Å². The molecule has 1 aliphatic heterocycles. The average Bonchev–Trinajstić information content (AvgIpc) is 2.66. The van der Waals surface area contributed by atoms with Crippen LogP contribution in [0.15, 0.2) is 3.79 Å². The van der Waals surface area contributed by atoms with Crippen molar-refractivity contribution in [3.63, 3.8) is 0 Å². The molecular formula is C10H11BrO5S. The summed E-state index contributed by atoms with van der Waals surface area (Å²) in [5.41, 5.74) is 0. The van der Waals surface area contributed by atoms with Gasteiger partial charge in [-0.15, -0.1) is 11.3 Å². The third kappa shape index (κ3) is 2.41. The van der Waals surface area contributed by atoms with E-state index in [9.17, 15) is 4.79 Å². The van der Waals surface area contributed by atoms with Gasteiger partial charge >= 0.3 is 5.97 Å². The molecule has 1 N–H and O–H groups in total. The fourth-order valence-electron chi connectivity index (χ4n) is 1.40. The van der Waals surface area contributed by atoms with Crippen molar-refractivity contribution in [2.24, 2.45) is 0 Å². The molecular weight excluding hydrogens is 312 g/mol. The SMILES string of the molecule is CCOC(=O)c1sc(Br)c2c1OC(CO)CO2. The number of esters is 1. The number of carbonyl (C=O) groups is 1. The largest absolute Gasteiger partial charge is 0.484 e. The summed E-state index contributed by atoms with van der Waals surface area (Å²) in [4.78, 5) is 12.0. The van der Waals surface area contributed by atoms with E-state index in [1.807, 2.05) is 0 Å². The highest BCUT2D eigenvalue weighted by molar-refractivity contribution is 9.11. The zero-order chi connectivity index (χ0) is 12.4. The molecule has 0 bridgehead atoms. The number of fused-ring (bicyclic) bond motifs is 1. The monoisotopic (exact) mass is 322 g/mol. The van der Waals surface area contributed by atoms with Crippen LogP contribution in [0, 0.1) is 0 Å². The highest BCUT2D eigenvalue weighted by Gasteiger charge is 2.31. The van der Waals surface area contributed by atoms with E-state index in [1.165, 1.54) is 11.3 Å². The molecule has 2 rings (SSSR count). The molecule has 0 aliphatic carbocycles. The van der Waals surface area contributed by atoms with Gasteiger partial charge in [0.15, 0.2) is 22.5 Å². The maximum absolute atomic E-state index is 11.7. The summed E-state index contributed by atoms with van der Waals surface area (Å²) in [7, 11) is 0. The van der Waals surface area contributed by atoms with Crippen molar-refractivity contribution in [3.8, 4) is 11.5 Å². The Morgan fingerprint density at radius 3 is 3.06 bits per heavy atom. The Balaban J connectivity index is 2.32. The molecule has 2 heterocycles. The minimum atomic E-state index is -0.447. The molecule has 0 aromatic carbocycles. The van der Waals surface area contributed by atoms with Gasteiger partial charge in [-0.1, -0.05) is 0 Å². The van der Waals surface area contributed by atoms with Gasteiger partial charge in [-0.3, -0.25) is 0 Å². The third-order valence-electron chi connectivity index (χ3n) is 2.15. The number of rotatable bonds is 3. The predicted molar refractivity (Wildman–Crippen MR) is 65.0 cm³/mol. The predicted octanol–water partition coefficient (Wildman–Crippen LogP) is 1.82. The lowest BCUT2D eigenvalue weighted by Crippen LogP contribution is -2.32. The number of aliphatic hydroxyl groups is 1. The minimum absolute atomic E-state index is 0.158. The van der Waals surface area contributed by atoms with Crippen LogP contribution in [-0.2, 0) is 4.74 Å². The maximum atomic E-state index is 11.7. The van der Waals surface area contributed by atoms with Gasteiger partial charge in [-0.05, 0) is 22.9 Å². The molecule has 1 aliphatic rings. The molecule has 1 aromatic rings. The van der Waals surface area contributed by atoms with Crippen molar-refractivity contribution in [2.45, 2.75) is 13.0 Å². The Kier molecular flexibility index (Phi) is 3.90. The van der Waals surface area contributed by atoms with Crippen LogP contribution in [0.5, 0.6) is 11.5 Å². The summed E-state index contributed by atoms with van der Waals surface area (Å²) in [6.45, 7) is 2.14. The number of carbonyl (C=O) groups excluding carboxylic acids is 1. The van der Waals surface area contributed by atoms with Gasteiger partial charge in [0.05, 0.1) is 13.2 Å². The molecule has 0 spiro atoms. The molecule has 0 fully saturated rings. The quantitative estimate of drug-likeness (QED) is 0.860. The standard InChI is InChI=1S/C10H11BrO5S/c1-2-14-10(13)8-6-7(9(11)17-8)15-4-5(3-12)16-6/h5,12H,2-4H2,1H3. The molecule has 0 amide bonds. The lowest BCUT2D eigenvalue weighted by atomic mass is 10.3. The van der Waals surface area contributed by atoms with E-state index in [1.54, 1.807) is 6.92 Å². The lowest BCUT2D eigenvalue weighted by Gasteiger charge is -2.23. The first kappa shape index (κ1) is 12.7. The Bertz CT molecular complexity index is 431. The van der Waals surface area contributed by atoms with Gasteiger partial charge in [0.1, 0.15) is 10.4 Å². The number of thiophene rings is 1. The first-order chi connectivity index (χ1) is 8.17. The van der Waals surface area contributed by atoms with Gasteiger partial charge in [0.25, 0.3) is 0 Å².